The molecule has 7 nitrogen and oxygen atoms in total. The molecule has 2 heterocycles. The Balaban J connectivity index is 2.02. The molecule has 0 radical (unpaired) electrons. The average Bonchev–Trinajstić information content (AvgIpc) is 2.67. The molecule has 19 heavy (non-hydrogen) atoms. The van der Waals surface area contributed by atoms with Gasteiger partial charge in [-0.3, -0.25) is 9.78 Å². The van der Waals surface area contributed by atoms with Crippen molar-refractivity contribution in [3.8, 4) is 0 Å². The van der Waals surface area contributed by atoms with E-state index in [2.05, 4.69) is 28.8 Å². The van der Waals surface area contributed by atoms with Crippen molar-refractivity contribution in [2.24, 2.45) is 10.8 Å². The van der Waals surface area contributed by atoms with E-state index in [4.69, 9.17) is 5.73 Å². The van der Waals surface area contributed by atoms with Gasteiger partial charge < -0.3 is 15.4 Å². The van der Waals surface area contributed by atoms with Crippen molar-refractivity contribution in [2.45, 2.75) is 26.8 Å². The van der Waals surface area contributed by atoms with E-state index in [1.165, 1.54) is 0 Å². The summed E-state index contributed by atoms with van der Waals surface area (Å²) in [5.41, 5.74) is 5.95. The third kappa shape index (κ3) is 1.65. The van der Waals surface area contributed by atoms with Crippen molar-refractivity contribution in [3.63, 3.8) is 0 Å². The van der Waals surface area contributed by atoms with Crippen LogP contribution >= 0.6 is 0 Å². The summed E-state index contributed by atoms with van der Waals surface area (Å²) in [7, 11) is 0. The lowest BCUT2D eigenvalue weighted by Crippen LogP contribution is -2.19. The minimum atomic E-state index is -0.327. The van der Waals surface area contributed by atoms with E-state index in [-0.39, 0.29) is 28.9 Å². The molecule has 1 aliphatic carbocycles. The normalized spacial score (nSPS) is 29.8. The van der Waals surface area contributed by atoms with Crippen molar-refractivity contribution in [2.75, 3.05) is 12.3 Å². The summed E-state index contributed by atoms with van der Waals surface area (Å²) in [5, 5.41) is 9.42. The molecule has 102 valence electrons. The number of rotatable bonds is 3. The summed E-state index contributed by atoms with van der Waals surface area (Å²) < 4.78 is 1.84. The molecule has 1 aliphatic rings. The summed E-state index contributed by atoms with van der Waals surface area (Å²) in [5.74, 6) is 0.0881. The molecule has 0 spiro atoms. The molecule has 0 bridgehead atoms. The fourth-order valence-corrected chi connectivity index (χ4v) is 2.77. The van der Waals surface area contributed by atoms with Gasteiger partial charge in [-0.25, -0.2) is 4.98 Å². The number of aliphatic hydroxyl groups is 1. The third-order valence-corrected chi connectivity index (χ3v) is 4.47. The number of nitrogens with zero attached hydrogens (tertiary/aromatic N) is 3. The molecule has 0 amide bonds. The highest BCUT2D eigenvalue weighted by Crippen LogP contribution is 2.64. The van der Waals surface area contributed by atoms with Gasteiger partial charge in [-0.05, 0) is 17.3 Å². The third-order valence-electron chi connectivity index (χ3n) is 4.47. The zero-order chi connectivity index (χ0) is 13.8. The predicted molar refractivity (Wildman–Crippen MR) is 70.5 cm³/mol. The Morgan fingerprint density at radius 3 is 2.89 bits per heavy atom. The zero-order valence-electron chi connectivity index (χ0n) is 11.0. The Labute approximate surface area is 109 Å². The number of aromatic amines is 1. The van der Waals surface area contributed by atoms with Crippen molar-refractivity contribution >= 4 is 17.1 Å². The number of H-pyrrole nitrogens is 1. The number of aromatic nitrogens is 4. The molecule has 2 unspecified atom stereocenters. The minimum absolute atomic E-state index is 0.00553. The quantitative estimate of drug-likeness (QED) is 0.728. The molecule has 1 saturated carbocycles. The molecule has 7 heteroatoms. The van der Waals surface area contributed by atoms with Crippen LogP contribution in [-0.4, -0.2) is 31.2 Å². The first-order valence-electron chi connectivity index (χ1n) is 6.20. The summed E-state index contributed by atoms with van der Waals surface area (Å²) in [6, 6.07) is 0. The van der Waals surface area contributed by atoms with Gasteiger partial charge in [-0.1, -0.05) is 13.8 Å². The second kappa shape index (κ2) is 3.57. The number of hydrogen-bond acceptors (Lipinski definition) is 5. The smallest absolute Gasteiger partial charge is 0.280 e. The molecular formula is C12H17N5O2. The number of nitrogens with one attached hydrogen (secondary N) is 1. The van der Waals surface area contributed by atoms with E-state index >= 15 is 0 Å². The molecule has 2 aromatic heterocycles. The molecular weight excluding hydrogens is 246 g/mol. The summed E-state index contributed by atoms with van der Waals surface area (Å²) in [6.07, 6.45) is 2.54. The van der Waals surface area contributed by atoms with Gasteiger partial charge in [0, 0.05) is 13.2 Å². The zero-order valence-corrected chi connectivity index (χ0v) is 11.0. The molecule has 0 aromatic carbocycles. The maximum atomic E-state index is 11.7. The van der Waals surface area contributed by atoms with Gasteiger partial charge in [0.2, 0.25) is 5.95 Å². The number of imidazole rings is 1. The predicted octanol–water partition coefficient (Wildman–Crippen LogP) is 0.110. The Hall–Kier alpha value is -1.89. The Bertz CT molecular complexity index is 706. The number of fused-ring (bicyclic) bond motifs is 1. The van der Waals surface area contributed by atoms with Crippen LogP contribution in [0.3, 0.4) is 0 Å². The van der Waals surface area contributed by atoms with E-state index in [0.29, 0.717) is 17.7 Å². The van der Waals surface area contributed by atoms with Gasteiger partial charge in [0.1, 0.15) is 0 Å². The molecule has 1 fully saturated rings. The highest BCUT2D eigenvalue weighted by molar-refractivity contribution is 5.70. The highest BCUT2D eigenvalue weighted by atomic mass is 16.3. The topological polar surface area (TPSA) is 110 Å². The van der Waals surface area contributed by atoms with Crippen molar-refractivity contribution in [3.05, 3.63) is 16.7 Å². The molecule has 2 atom stereocenters. The SMILES string of the molecule is CC1(CO)CC1(C)Cn1cnc2c(=O)[nH]c(N)nc21. The van der Waals surface area contributed by atoms with Crippen LogP contribution in [0.2, 0.25) is 0 Å². The first-order valence-corrected chi connectivity index (χ1v) is 6.20. The maximum absolute atomic E-state index is 11.7. The van der Waals surface area contributed by atoms with Gasteiger partial charge >= 0.3 is 0 Å². The van der Waals surface area contributed by atoms with Crippen molar-refractivity contribution in [1.82, 2.24) is 19.5 Å². The van der Waals surface area contributed by atoms with E-state index in [9.17, 15) is 9.90 Å². The van der Waals surface area contributed by atoms with Crippen LogP contribution in [0, 0.1) is 10.8 Å². The van der Waals surface area contributed by atoms with Crippen LogP contribution in [0.1, 0.15) is 20.3 Å². The van der Waals surface area contributed by atoms with Crippen molar-refractivity contribution in [1.29, 1.82) is 0 Å². The summed E-state index contributed by atoms with van der Waals surface area (Å²) in [4.78, 5) is 22.3. The standard InChI is InChI=1S/C12H17N5O2/c1-11(3-12(11,2)5-18)4-17-6-14-7-8(17)15-10(13)16-9(7)19/h6,18H,3-5H2,1-2H3,(H3,13,15,16,19). The van der Waals surface area contributed by atoms with Gasteiger partial charge in [-0.2, -0.15) is 4.98 Å². The van der Waals surface area contributed by atoms with Gasteiger partial charge in [0.15, 0.2) is 11.2 Å². The highest BCUT2D eigenvalue weighted by Gasteiger charge is 2.60. The van der Waals surface area contributed by atoms with Crippen LogP contribution in [-0.2, 0) is 6.54 Å². The number of hydrogen-bond donors (Lipinski definition) is 3. The van der Waals surface area contributed by atoms with Crippen LogP contribution in [0.5, 0.6) is 0 Å². The van der Waals surface area contributed by atoms with Gasteiger partial charge in [-0.15, -0.1) is 0 Å². The van der Waals surface area contributed by atoms with E-state index in [0.717, 1.165) is 6.42 Å². The van der Waals surface area contributed by atoms with Crippen molar-refractivity contribution < 1.29 is 5.11 Å². The van der Waals surface area contributed by atoms with E-state index < -0.39 is 0 Å². The molecule has 2 aromatic rings. The maximum Gasteiger partial charge on any atom is 0.280 e. The van der Waals surface area contributed by atoms with Gasteiger partial charge in [0.05, 0.1) is 6.33 Å². The molecule has 0 aliphatic heterocycles. The Morgan fingerprint density at radius 2 is 2.26 bits per heavy atom. The lowest BCUT2D eigenvalue weighted by Gasteiger charge is -2.17. The fourth-order valence-electron chi connectivity index (χ4n) is 2.77. The van der Waals surface area contributed by atoms with Crippen LogP contribution in [0.25, 0.3) is 11.2 Å². The largest absolute Gasteiger partial charge is 0.396 e. The Kier molecular flexibility index (Phi) is 2.28. The number of nitrogen functional groups attached to an aromatic ring is 1. The summed E-state index contributed by atoms with van der Waals surface area (Å²) >= 11 is 0. The average molecular weight is 263 g/mol. The van der Waals surface area contributed by atoms with Gasteiger partial charge in [0.25, 0.3) is 5.56 Å². The monoisotopic (exact) mass is 263 g/mol. The lowest BCUT2D eigenvalue weighted by molar-refractivity contribution is 0.182. The second-order valence-corrected chi connectivity index (χ2v) is 5.95. The second-order valence-electron chi connectivity index (χ2n) is 5.95. The lowest BCUT2D eigenvalue weighted by atomic mass is 9.97. The number of aliphatic hydroxyl groups excluding tert-OH is 1. The van der Waals surface area contributed by atoms with Crippen LogP contribution < -0.4 is 11.3 Å². The number of anilines is 1. The minimum Gasteiger partial charge on any atom is -0.396 e. The van der Waals surface area contributed by atoms with Crippen LogP contribution in [0.4, 0.5) is 5.95 Å². The molecule has 3 rings (SSSR count). The first-order chi connectivity index (χ1) is 8.88. The number of nitrogens with two attached hydrogens (primary N) is 1. The summed E-state index contributed by atoms with van der Waals surface area (Å²) in [6.45, 7) is 5.00. The first kappa shape index (κ1) is 12.2. The van der Waals surface area contributed by atoms with E-state index in [1.807, 2.05) is 4.57 Å². The molecule has 4 N–H and O–H groups in total. The fraction of sp³-hybridized carbons (Fsp3) is 0.583. The Morgan fingerprint density at radius 1 is 1.53 bits per heavy atom. The van der Waals surface area contributed by atoms with Crippen LogP contribution in [0.15, 0.2) is 11.1 Å². The molecule has 0 saturated heterocycles. The van der Waals surface area contributed by atoms with E-state index in [1.54, 1.807) is 6.33 Å².